The topological polar surface area (TPSA) is 102 Å². The van der Waals surface area contributed by atoms with Gasteiger partial charge in [-0.2, -0.15) is 5.26 Å². The number of carbonyl (C=O) groups excluding carboxylic acids is 3. The zero-order valence-electron chi connectivity index (χ0n) is 16.0. The fraction of sp³-hybridized carbons (Fsp3) is 0.600. The van der Waals surface area contributed by atoms with Crippen molar-refractivity contribution in [3.63, 3.8) is 0 Å². The third-order valence-corrected chi connectivity index (χ3v) is 7.31. The van der Waals surface area contributed by atoms with E-state index in [-0.39, 0.29) is 24.8 Å². The first kappa shape index (κ1) is 18.9. The van der Waals surface area contributed by atoms with Crippen LogP contribution in [0.5, 0.6) is 0 Å². The number of imide groups is 1. The lowest BCUT2D eigenvalue weighted by Gasteiger charge is -2.19. The molecule has 1 aliphatic heterocycles. The van der Waals surface area contributed by atoms with Gasteiger partial charge >= 0.3 is 6.03 Å². The van der Waals surface area contributed by atoms with Crippen molar-refractivity contribution in [3.05, 3.63) is 16.0 Å². The van der Waals surface area contributed by atoms with Crippen LogP contribution < -0.4 is 10.6 Å². The molecule has 4 rings (SSSR count). The number of fused-ring (bicyclic) bond motifs is 1. The Morgan fingerprint density at radius 3 is 2.86 bits per heavy atom. The van der Waals surface area contributed by atoms with Gasteiger partial charge in [-0.1, -0.05) is 19.8 Å². The zero-order chi connectivity index (χ0) is 19.9. The van der Waals surface area contributed by atoms with Crippen molar-refractivity contribution in [1.82, 2.24) is 10.2 Å². The molecule has 0 radical (unpaired) electrons. The third-order valence-electron chi connectivity index (χ3n) is 6.14. The second-order valence-corrected chi connectivity index (χ2v) is 9.25. The number of nitrogens with zero attached hydrogens (tertiary/aromatic N) is 2. The molecule has 2 fully saturated rings. The lowest BCUT2D eigenvalue weighted by atomic mass is 9.89. The number of nitrogens with one attached hydrogen (secondary N) is 2. The quantitative estimate of drug-likeness (QED) is 0.759. The van der Waals surface area contributed by atoms with Crippen LogP contribution in [0, 0.1) is 17.2 Å². The molecule has 2 N–H and O–H groups in total. The summed E-state index contributed by atoms with van der Waals surface area (Å²) < 4.78 is 0. The molecule has 1 aromatic heterocycles. The van der Waals surface area contributed by atoms with Gasteiger partial charge in [-0.15, -0.1) is 11.3 Å². The summed E-state index contributed by atoms with van der Waals surface area (Å²) in [6.07, 6.45) is 6.10. The van der Waals surface area contributed by atoms with Crippen molar-refractivity contribution < 1.29 is 14.4 Å². The Bertz CT molecular complexity index is 879. The van der Waals surface area contributed by atoms with E-state index in [1.165, 1.54) is 16.2 Å². The summed E-state index contributed by atoms with van der Waals surface area (Å²) in [7, 11) is 0. The molecule has 1 saturated heterocycles. The minimum atomic E-state index is -0.745. The third kappa shape index (κ3) is 3.18. The molecule has 28 heavy (non-hydrogen) atoms. The molecule has 1 aromatic rings. The summed E-state index contributed by atoms with van der Waals surface area (Å²) in [5.74, 6) is 0.0982. The average Bonchev–Trinajstić information content (AvgIpc) is 3.31. The van der Waals surface area contributed by atoms with E-state index in [0.717, 1.165) is 42.6 Å². The molecule has 7 nitrogen and oxygen atoms in total. The Balaban J connectivity index is 1.40. The predicted octanol–water partition coefficient (Wildman–Crippen LogP) is 2.94. The Labute approximate surface area is 168 Å². The van der Waals surface area contributed by atoms with Crippen molar-refractivity contribution in [1.29, 1.82) is 5.26 Å². The van der Waals surface area contributed by atoms with Crippen LogP contribution in [0.25, 0.3) is 0 Å². The maximum Gasteiger partial charge on any atom is 0.325 e. The fourth-order valence-corrected chi connectivity index (χ4v) is 5.93. The summed E-state index contributed by atoms with van der Waals surface area (Å²) in [4.78, 5) is 39.7. The number of amides is 4. The second kappa shape index (κ2) is 7.21. The number of nitriles is 1. The Morgan fingerprint density at radius 1 is 1.39 bits per heavy atom. The largest absolute Gasteiger partial charge is 0.325 e. The number of anilines is 1. The van der Waals surface area contributed by atoms with Gasteiger partial charge in [0.05, 0.1) is 5.56 Å². The molecule has 1 atom stereocenters. The van der Waals surface area contributed by atoms with Crippen LogP contribution in [0.2, 0.25) is 0 Å². The van der Waals surface area contributed by atoms with Gasteiger partial charge in [-0.25, -0.2) is 4.79 Å². The minimum absolute atomic E-state index is 0.0269. The van der Waals surface area contributed by atoms with Crippen molar-refractivity contribution in [2.24, 2.45) is 5.92 Å². The normalized spacial score (nSPS) is 22.9. The molecule has 8 heteroatoms. The van der Waals surface area contributed by atoms with Crippen molar-refractivity contribution in [3.8, 4) is 6.07 Å². The van der Waals surface area contributed by atoms with E-state index < -0.39 is 11.6 Å². The number of carbonyl (C=O) groups is 3. The van der Waals surface area contributed by atoms with Crippen LogP contribution in [0.15, 0.2) is 0 Å². The van der Waals surface area contributed by atoms with Gasteiger partial charge in [-0.3, -0.25) is 14.5 Å². The molecule has 1 spiro atoms. The molecule has 4 amide bonds. The molecule has 1 unspecified atom stereocenters. The van der Waals surface area contributed by atoms with E-state index >= 15 is 0 Å². The summed E-state index contributed by atoms with van der Waals surface area (Å²) in [5, 5.41) is 15.8. The maximum absolute atomic E-state index is 12.6. The van der Waals surface area contributed by atoms with Crippen LogP contribution in [-0.2, 0) is 22.4 Å². The van der Waals surface area contributed by atoms with E-state index in [9.17, 15) is 19.6 Å². The van der Waals surface area contributed by atoms with Gasteiger partial charge in [0.25, 0.3) is 5.91 Å². The lowest BCUT2D eigenvalue weighted by Crippen LogP contribution is -2.44. The predicted molar refractivity (Wildman–Crippen MR) is 105 cm³/mol. The summed E-state index contributed by atoms with van der Waals surface area (Å²) in [6.45, 7) is 2.25. The first-order valence-corrected chi connectivity index (χ1v) is 10.7. The highest BCUT2D eigenvalue weighted by atomic mass is 32.1. The smallest absolute Gasteiger partial charge is 0.323 e. The number of thiophene rings is 1. The van der Waals surface area contributed by atoms with E-state index in [4.69, 9.17) is 0 Å². The molecule has 2 aliphatic carbocycles. The maximum atomic E-state index is 12.6. The second-order valence-electron chi connectivity index (χ2n) is 8.14. The van der Waals surface area contributed by atoms with E-state index in [1.807, 2.05) is 0 Å². The van der Waals surface area contributed by atoms with Gasteiger partial charge in [0.2, 0.25) is 5.91 Å². The number of urea groups is 1. The Morgan fingerprint density at radius 2 is 2.14 bits per heavy atom. The number of rotatable bonds is 4. The van der Waals surface area contributed by atoms with Crippen molar-refractivity contribution >= 4 is 34.2 Å². The molecule has 0 bridgehead atoms. The standard InChI is InChI=1S/C20H24N4O3S/c1-12-4-5-13-14(11-21)17(28-15(13)10-12)22-16(25)6-9-24-18(26)20(23-19(24)27)7-2-3-8-20/h12H,2-10H2,1H3,(H,22,25)(H,23,27). The highest BCUT2D eigenvalue weighted by Gasteiger charge is 2.52. The van der Waals surface area contributed by atoms with Crippen LogP contribution in [-0.4, -0.2) is 34.8 Å². The fourth-order valence-electron chi connectivity index (χ4n) is 4.56. The number of hydrogen-bond acceptors (Lipinski definition) is 5. The van der Waals surface area contributed by atoms with Crippen LogP contribution in [0.3, 0.4) is 0 Å². The minimum Gasteiger partial charge on any atom is -0.323 e. The molecule has 1 saturated carbocycles. The van der Waals surface area contributed by atoms with Crippen molar-refractivity contribution in [2.75, 3.05) is 11.9 Å². The van der Waals surface area contributed by atoms with E-state index in [0.29, 0.717) is 29.3 Å². The summed E-state index contributed by atoms with van der Waals surface area (Å²) in [6, 6.07) is 1.83. The van der Waals surface area contributed by atoms with Gasteiger partial charge < -0.3 is 10.6 Å². The first-order valence-electron chi connectivity index (χ1n) is 9.92. The molecule has 0 aromatic carbocycles. The Hall–Kier alpha value is -2.40. The molecule has 148 valence electrons. The van der Waals surface area contributed by atoms with Gasteiger partial charge in [-0.05, 0) is 43.6 Å². The monoisotopic (exact) mass is 400 g/mol. The lowest BCUT2D eigenvalue weighted by molar-refractivity contribution is -0.131. The zero-order valence-corrected chi connectivity index (χ0v) is 16.8. The Kier molecular flexibility index (Phi) is 4.88. The van der Waals surface area contributed by atoms with Gasteiger partial charge in [0, 0.05) is 17.8 Å². The average molecular weight is 401 g/mol. The van der Waals surface area contributed by atoms with Gasteiger partial charge in [0.1, 0.15) is 16.6 Å². The van der Waals surface area contributed by atoms with Gasteiger partial charge in [0.15, 0.2) is 0 Å². The molecule has 2 heterocycles. The summed E-state index contributed by atoms with van der Waals surface area (Å²) in [5.41, 5.74) is 0.892. The molecular weight excluding hydrogens is 376 g/mol. The molecular formula is C20H24N4O3S. The molecule has 3 aliphatic rings. The van der Waals surface area contributed by atoms with Crippen LogP contribution in [0.4, 0.5) is 9.80 Å². The highest BCUT2D eigenvalue weighted by molar-refractivity contribution is 7.16. The first-order chi connectivity index (χ1) is 13.4. The van der Waals surface area contributed by atoms with Crippen LogP contribution in [0.1, 0.15) is 61.5 Å². The van der Waals surface area contributed by atoms with E-state index in [2.05, 4.69) is 23.6 Å². The SMILES string of the molecule is CC1CCc2c(sc(NC(=O)CCN3C(=O)NC4(CCCC4)C3=O)c2C#N)C1. The van der Waals surface area contributed by atoms with Crippen LogP contribution >= 0.6 is 11.3 Å². The van der Waals surface area contributed by atoms with E-state index in [1.54, 1.807) is 0 Å². The highest BCUT2D eigenvalue weighted by Crippen LogP contribution is 2.39. The number of hydrogen-bond donors (Lipinski definition) is 2. The van der Waals surface area contributed by atoms with Crippen molar-refractivity contribution in [2.45, 2.75) is 63.8 Å². The summed E-state index contributed by atoms with van der Waals surface area (Å²) >= 11 is 1.48.